The van der Waals surface area contributed by atoms with Crippen LogP contribution in [0, 0.1) is 11.2 Å². The van der Waals surface area contributed by atoms with Crippen LogP contribution in [0.3, 0.4) is 0 Å². The van der Waals surface area contributed by atoms with Crippen LogP contribution >= 0.6 is 11.6 Å². The molecule has 3 heteroatoms. The summed E-state index contributed by atoms with van der Waals surface area (Å²) in [6, 6.07) is 4.26. The highest BCUT2D eigenvalue weighted by molar-refractivity contribution is 6.34. The van der Waals surface area contributed by atoms with Crippen molar-refractivity contribution >= 4 is 17.4 Å². The highest BCUT2D eigenvalue weighted by Crippen LogP contribution is 2.27. The van der Waals surface area contributed by atoms with Gasteiger partial charge in [0.15, 0.2) is 5.78 Å². The monoisotopic (exact) mass is 214 g/mol. The van der Waals surface area contributed by atoms with Crippen molar-refractivity contribution in [2.45, 2.75) is 20.8 Å². The summed E-state index contributed by atoms with van der Waals surface area (Å²) in [5, 5.41) is -0.0903. The maximum atomic E-state index is 13.0. The SMILES string of the molecule is CC(C)(C)C(=O)c1cccc(F)c1Cl. The van der Waals surface area contributed by atoms with Crippen molar-refractivity contribution in [3.05, 3.63) is 34.6 Å². The molecule has 0 atom stereocenters. The Bertz CT molecular complexity index is 366. The minimum Gasteiger partial charge on any atom is -0.294 e. The Balaban J connectivity index is 3.21. The van der Waals surface area contributed by atoms with Gasteiger partial charge in [-0.15, -0.1) is 0 Å². The molecule has 0 fully saturated rings. The molecule has 0 bridgehead atoms. The molecule has 0 heterocycles. The van der Waals surface area contributed by atoms with Crippen molar-refractivity contribution in [1.82, 2.24) is 0 Å². The van der Waals surface area contributed by atoms with Gasteiger partial charge in [-0.1, -0.05) is 38.4 Å². The second-order valence-electron chi connectivity index (χ2n) is 4.18. The fourth-order valence-electron chi connectivity index (χ4n) is 1.08. The topological polar surface area (TPSA) is 17.1 Å². The lowest BCUT2D eigenvalue weighted by molar-refractivity contribution is 0.0858. The summed E-state index contributed by atoms with van der Waals surface area (Å²) < 4.78 is 13.0. The zero-order valence-corrected chi connectivity index (χ0v) is 9.15. The van der Waals surface area contributed by atoms with Crippen molar-refractivity contribution in [2.24, 2.45) is 5.41 Å². The molecule has 0 aliphatic heterocycles. The van der Waals surface area contributed by atoms with E-state index in [-0.39, 0.29) is 16.4 Å². The van der Waals surface area contributed by atoms with Gasteiger partial charge in [-0.05, 0) is 12.1 Å². The van der Waals surface area contributed by atoms with E-state index in [2.05, 4.69) is 0 Å². The van der Waals surface area contributed by atoms with Gasteiger partial charge in [-0.25, -0.2) is 4.39 Å². The van der Waals surface area contributed by atoms with Crippen LogP contribution in [0.25, 0.3) is 0 Å². The molecular formula is C11H12ClFO. The Labute approximate surface area is 87.9 Å². The molecule has 1 aromatic carbocycles. The van der Waals surface area contributed by atoms with Crippen LogP contribution in [-0.2, 0) is 0 Å². The first-order chi connectivity index (χ1) is 6.34. The molecule has 0 saturated heterocycles. The molecule has 0 aliphatic carbocycles. The molecular weight excluding hydrogens is 203 g/mol. The average Bonchev–Trinajstić information content (AvgIpc) is 2.07. The number of ketones is 1. The lowest BCUT2D eigenvalue weighted by atomic mass is 9.86. The Morgan fingerprint density at radius 3 is 2.43 bits per heavy atom. The molecule has 0 spiro atoms. The van der Waals surface area contributed by atoms with Gasteiger partial charge < -0.3 is 0 Å². The number of hydrogen-bond donors (Lipinski definition) is 0. The number of rotatable bonds is 1. The number of Topliss-reactive ketones (excluding diaryl/α,β-unsaturated/α-hetero) is 1. The predicted molar refractivity (Wildman–Crippen MR) is 55.2 cm³/mol. The Hall–Kier alpha value is -0.890. The van der Waals surface area contributed by atoms with Gasteiger partial charge in [-0.2, -0.15) is 0 Å². The average molecular weight is 215 g/mol. The van der Waals surface area contributed by atoms with E-state index in [1.54, 1.807) is 26.8 Å². The standard InChI is InChI=1S/C11H12ClFO/c1-11(2,3)10(14)7-5-4-6-8(13)9(7)12/h4-6H,1-3H3. The fourth-order valence-corrected chi connectivity index (χ4v) is 1.29. The minimum atomic E-state index is -0.554. The number of hydrogen-bond acceptors (Lipinski definition) is 1. The van der Waals surface area contributed by atoms with E-state index in [1.807, 2.05) is 0 Å². The minimum absolute atomic E-state index is 0.0903. The number of carbonyl (C=O) groups is 1. The largest absolute Gasteiger partial charge is 0.294 e. The quantitative estimate of drug-likeness (QED) is 0.652. The Kier molecular flexibility index (Phi) is 2.95. The maximum absolute atomic E-state index is 13.0. The molecule has 0 amide bonds. The number of benzene rings is 1. The summed E-state index contributed by atoms with van der Waals surface area (Å²) in [5.41, 5.74) is -0.295. The van der Waals surface area contributed by atoms with E-state index < -0.39 is 11.2 Å². The maximum Gasteiger partial charge on any atom is 0.169 e. The lowest BCUT2D eigenvalue weighted by Crippen LogP contribution is -2.20. The second-order valence-corrected chi connectivity index (χ2v) is 4.56. The number of carbonyl (C=O) groups excluding carboxylic acids is 1. The van der Waals surface area contributed by atoms with Gasteiger partial charge in [0.1, 0.15) is 5.82 Å². The van der Waals surface area contributed by atoms with E-state index >= 15 is 0 Å². The van der Waals surface area contributed by atoms with Crippen LogP contribution < -0.4 is 0 Å². The zero-order valence-electron chi connectivity index (χ0n) is 8.40. The smallest absolute Gasteiger partial charge is 0.169 e. The Morgan fingerprint density at radius 2 is 1.93 bits per heavy atom. The molecule has 1 nitrogen and oxygen atoms in total. The van der Waals surface area contributed by atoms with Crippen molar-refractivity contribution in [2.75, 3.05) is 0 Å². The lowest BCUT2D eigenvalue weighted by Gasteiger charge is -2.17. The molecule has 0 saturated carbocycles. The van der Waals surface area contributed by atoms with Crippen molar-refractivity contribution in [1.29, 1.82) is 0 Å². The molecule has 1 aromatic rings. The molecule has 1 rings (SSSR count). The van der Waals surface area contributed by atoms with Crippen LogP contribution in [0.15, 0.2) is 18.2 Å². The molecule has 0 N–H and O–H groups in total. The molecule has 14 heavy (non-hydrogen) atoms. The van der Waals surface area contributed by atoms with E-state index in [9.17, 15) is 9.18 Å². The van der Waals surface area contributed by atoms with Crippen LogP contribution in [0.5, 0.6) is 0 Å². The van der Waals surface area contributed by atoms with E-state index in [4.69, 9.17) is 11.6 Å². The summed E-state index contributed by atoms with van der Waals surface area (Å²) in [5.74, 6) is -0.705. The second kappa shape index (κ2) is 3.70. The van der Waals surface area contributed by atoms with E-state index in [0.717, 1.165) is 0 Å². The third-order valence-electron chi connectivity index (χ3n) is 1.88. The zero-order chi connectivity index (χ0) is 10.9. The molecule has 0 radical (unpaired) electrons. The van der Waals surface area contributed by atoms with Crippen LogP contribution in [0.2, 0.25) is 5.02 Å². The fraction of sp³-hybridized carbons (Fsp3) is 0.364. The summed E-state index contributed by atoms with van der Waals surface area (Å²) in [6.45, 7) is 5.32. The van der Waals surface area contributed by atoms with Crippen LogP contribution in [0.4, 0.5) is 4.39 Å². The first-order valence-electron chi connectivity index (χ1n) is 4.33. The first-order valence-corrected chi connectivity index (χ1v) is 4.70. The van der Waals surface area contributed by atoms with Gasteiger partial charge in [0, 0.05) is 11.0 Å². The van der Waals surface area contributed by atoms with Crippen LogP contribution in [-0.4, -0.2) is 5.78 Å². The van der Waals surface area contributed by atoms with Gasteiger partial charge >= 0.3 is 0 Å². The third-order valence-corrected chi connectivity index (χ3v) is 2.26. The molecule has 0 aliphatic rings. The summed E-state index contributed by atoms with van der Waals surface area (Å²) >= 11 is 5.70. The summed E-state index contributed by atoms with van der Waals surface area (Å²) in [7, 11) is 0. The van der Waals surface area contributed by atoms with Gasteiger partial charge in [0.25, 0.3) is 0 Å². The molecule has 0 aromatic heterocycles. The highest BCUT2D eigenvalue weighted by Gasteiger charge is 2.25. The van der Waals surface area contributed by atoms with E-state index in [1.165, 1.54) is 12.1 Å². The van der Waals surface area contributed by atoms with Crippen molar-refractivity contribution in [3.8, 4) is 0 Å². The van der Waals surface area contributed by atoms with Gasteiger partial charge in [0.05, 0.1) is 5.02 Å². The van der Waals surface area contributed by atoms with Crippen molar-refractivity contribution < 1.29 is 9.18 Å². The van der Waals surface area contributed by atoms with Gasteiger partial charge in [-0.3, -0.25) is 4.79 Å². The first kappa shape index (κ1) is 11.2. The summed E-state index contributed by atoms with van der Waals surface area (Å²) in [6.07, 6.45) is 0. The normalized spacial score (nSPS) is 11.5. The van der Waals surface area contributed by atoms with Crippen LogP contribution in [0.1, 0.15) is 31.1 Å². The van der Waals surface area contributed by atoms with E-state index in [0.29, 0.717) is 0 Å². The molecule has 0 unspecified atom stereocenters. The predicted octanol–water partition coefficient (Wildman–Crippen LogP) is 3.71. The third kappa shape index (κ3) is 2.13. The highest BCUT2D eigenvalue weighted by atomic mass is 35.5. The summed E-state index contributed by atoms with van der Waals surface area (Å²) in [4.78, 5) is 11.8. The van der Waals surface area contributed by atoms with Gasteiger partial charge in [0.2, 0.25) is 0 Å². The Morgan fingerprint density at radius 1 is 1.36 bits per heavy atom. The number of halogens is 2. The molecule has 76 valence electrons. The van der Waals surface area contributed by atoms with Crippen molar-refractivity contribution in [3.63, 3.8) is 0 Å².